The van der Waals surface area contributed by atoms with Crippen LogP contribution in [-0.4, -0.2) is 36.3 Å². The highest BCUT2D eigenvalue weighted by Gasteiger charge is 2.19. The fraction of sp³-hybridized carbons (Fsp3) is 0.545. The first-order valence-electron chi connectivity index (χ1n) is 5.21. The molecule has 5 heteroatoms. The summed E-state index contributed by atoms with van der Waals surface area (Å²) in [5, 5.41) is 2.68. The van der Waals surface area contributed by atoms with Crippen LogP contribution in [0.5, 0.6) is 5.75 Å². The molecule has 0 aliphatic rings. The maximum Gasteiger partial charge on any atom is 0.267 e. The van der Waals surface area contributed by atoms with Gasteiger partial charge in [-0.2, -0.15) is 0 Å². The zero-order valence-electron chi connectivity index (χ0n) is 9.53. The lowest BCUT2D eigenvalue weighted by molar-refractivity contribution is 0.0768. The SMILES string of the molecule is CCCN(CCBr)C(=O)c1sccc1OC. The number of hydrogen-bond acceptors (Lipinski definition) is 3. The molecular weight excluding hydrogens is 290 g/mol. The average molecular weight is 306 g/mol. The van der Waals surface area contributed by atoms with E-state index >= 15 is 0 Å². The minimum absolute atomic E-state index is 0.0631. The molecule has 0 radical (unpaired) electrons. The third kappa shape index (κ3) is 3.22. The highest BCUT2D eigenvalue weighted by Crippen LogP contribution is 2.25. The van der Waals surface area contributed by atoms with Gasteiger partial charge in [-0.15, -0.1) is 11.3 Å². The largest absolute Gasteiger partial charge is 0.495 e. The molecule has 0 aromatic carbocycles. The number of hydrogen-bond donors (Lipinski definition) is 0. The molecule has 90 valence electrons. The Kier molecular flexibility index (Phi) is 5.84. The highest BCUT2D eigenvalue weighted by atomic mass is 79.9. The van der Waals surface area contributed by atoms with Crippen molar-refractivity contribution in [1.82, 2.24) is 4.90 Å². The molecular formula is C11H16BrNO2S. The summed E-state index contributed by atoms with van der Waals surface area (Å²) >= 11 is 4.80. The summed E-state index contributed by atoms with van der Waals surface area (Å²) in [7, 11) is 1.59. The molecule has 16 heavy (non-hydrogen) atoms. The lowest BCUT2D eigenvalue weighted by atomic mass is 10.3. The third-order valence-corrected chi connectivity index (χ3v) is 3.42. The molecule has 0 atom stereocenters. The second kappa shape index (κ2) is 6.91. The van der Waals surface area contributed by atoms with Gasteiger partial charge >= 0.3 is 0 Å². The third-order valence-electron chi connectivity index (χ3n) is 2.18. The molecule has 1 aromatic rings. The molecule has 0 aliphatic carbocycles. The molecule has 3 nitrogen and oxygen atoms in total. The second-order valence-electron chi connectivity index (χ2n) is 3.30. The summed E-state index contributed by atoms with van der Waals surface area (Å²) in [4.78, 5) is 14.7. The lowest BCUT2D eigenvalue weighted by Gasteiger charge is -2.20. The Morgan fingerprint density at radius 3 is 2.88 bits per heavy atom. The van der Waals surface area contributed by atoms with E-state index in [0.717, 1.165) is 24.8 Å². The molecule has 0 spiro atoms. The molecule has 0 saturated carbocycles. The molecule has 0 aliphatic heterocycles. The van der Waals surface area contributed by atoms with Gasteiger partial charge in [0.05, 0.1) is 7.11 Å². The number of carbonyl (C=O) groups is 1. The summed E-state index contributed by atoms with van der Waals surface area (Å²) in [6.07, 6.45) is 0.965. The van der Waals surface area contributed by atoms with E-state index in [1.54, 1.807) is 7.11 Å². The van der Waals surface area contributed by atoms with Gasteiger partial charge in [0.1, 0.15) is 10.6 Å². The molecule has 0 N–H and O–H groups in total. The first-order valence-corrected chi connectivity index (χ1v) is 7.21. The predicted octanol–water partition coefficient (Wildman–Crippen LogP) is 3.00. The first-order chi connectivity index (χ1) is 7.74. The highest BCUT2D eigenvalue weighted by molar-refractivity contribution is 9.09. The number of rotatable bonds is 6. The molecule has 1 amide bonds. The topological polar surface area (TPSA) is 29.5 Å². The van der Waals surface area contributed by atoms with Crippen molar-refractivity contribution in [1.29, 1.82) is 0 Å². The van der Waals surface area contributed by atoms with Crippen LogP contribution in [0.3, 0.4) is 0 Å². The zero-order valence-corrected chi connectivity index (χ0v) is 11.9. The Balaban J connectivity index is 2.81. The number of nitrogens with zero attached hydrogens (tertiary/aromatic N) is 1. The minimum Gasteiger partial charge on any atom is -0.495 e. The Hall–Kier alpha value is -0.550. The van der Waals surface area contributed by atoms with Crippen LogP contribution < -0.4 is 4.74 Å². The van der Waals surface area contributed by atoms with Crippen molar-refractivity contribution in [2.75, 3.05) is 25.5 Å². The van der Waals surface area contributed by atoms with E-state index in [4.69, 9.17) is 4.74 Å². The van der Waals surface area contributed by atoms with Crippen LogP contribution in [0.4, 0.5) is 0 Å². The van der Waals surface area contributed by atoms with E-state index in [9.17, 15) is 4.79 Å². The number of alkyl halides is 1. The zero-order chi connectivity index (χ0) is 12.0. The van der Waals surface area contributed by atoms with Gasteiger partial charge in [-0.1, -0.05) is 22.9 Å². The monoisotopic (exact) mass is 305 g/mol. The summed E-state index contributed by atoms with van der Waals surface area (Å²) < 4.78 is 5.16. The molecule has 0 bridgehead atoms. The summed E-state index contributed by atoms with van der Waals surface area (Å²) in [6, 6.07) is 1.83. The van der Waals surface area contributed by atoms with Gasteiger partial charge in [0.15, 0.2) is 0 Å². The number of halogens is 1. The van der Waals surface area contributed by atoms with Gasteiger partial charge in [-0.25, -0.2) is 0 Å². The van der Waals surface area contributed by atoms with E-state index in [1.165, 1.54) is 11.3 Å². The van der Waals surface area contributed by atoms with Crippen molar-refractivity contribution in [3.63, 3.8) is 0 Å². The van der Waals surface area contributed by atoms with Gasteiger partial charge in [-0.3, -0.25) is 4.79 Å². The van der Waals surface area contributed by atoms with Crippen molar-refractivity contribution in [3.05, 3.63) is 16.3 Å². The smallest absolute Gasteiger partial charge is 0.267 e. The van der Waals surface area contributed by atoms with Crippen molar-refractivity contribution >= 4 is 33.2 Å². The standard InChI is InChI=1S/C11H16BrNO2S/c1-3-6-13(7-5-12)11(14)10-9(15-2)4-8-16-10/h4,8H,3,5-7H2,1-2H3. The van der Waals surface area contributed by atoms with E-state index in [2.05, 4.69) is 22.9 Å². The Labute approximate surface area is 109 Å². The van der Waals surface area contributed by atoms with Crippen LogP contribution in [-0.2, 0) is 0 Å². The fourth-order valence-corrected chi connectivity index (χ4v) is 2.70. The molecule has 1 rings (SSSR count). The number of carbonyl (C=O) groups excluding carboxylic acids is 1. The molecule has 1 aromatic heterocycles. The second-order valence-corrected chi connectivity index (χ2v) is 5.01. The molecule has 1 heterocycles. The van der Waals surface area contributed by atoms with Crippen LogP contribution in [0.25, 0.3) is 0 Å². The van der Waals surface area contributed by atoms with Gasteiger partial charge in [0.2, 0.25) is 0 Å². The minimum atomic E-state index is 0.0631. The quantitative estimate of drug-likeness (QED) is 0.756. The number of thiophene rings is 1. The molecule has 0 unspecified atom stereocenters. The number of methoxy groups -OCH3 is 1. The van der Waals surface area contributed by atoms with Crippen LogP contribution in [0.1, 0.15) is 23.0 Å². The average Bonchev–Trinajstić information content (AvgIpc) is 2.75. The maximum atomic E-state index is 12.2. The number of amides is 1. The Morgan fingerprint density at radius 1 is 1.56 bits per heavy atom. The Morgan fingerprint density at radius 2 is 2.31 bits per heavy atom. The van der Waals surface area contributed by atoms with E-state index in [0.29, 0.717) is 10.6 Å². The van der Waals surface area contributed by atoms with Gasteiger partial charge < -0.3 is 9.64 Å². The van der Waals surface area contributed by atoms with Crippen molar-refractivity contribution in [2.45, 2.75) is 13.3 Å². The molecule has 0 saturated heterocycles. The van der Waals surface area contributed by atoms with Gasteiger partial charge in [0, 0.05) is 18.4 Å². The predicted molar refractivity (Wildman–Crippen MR) is 70.9 cm³/mol. The van der Waals surface area contributed by atoms with E-state index in [-0.39, 0.29) is 5.91 Å². The normalized spacial score (nSPS) is 10.2. The van der Waals surface area contributed by atoms with Crippen LogP contribution in [0.2, 0.25) is 0 Å². The fourth-order valence-electron chi connectivity index (χ4n) is 1.44. The summed E-state index contributed by atoms with van der Waals surface area (Å²) in [6.45, 7) is 3.58. The van der Waals surface area contributed by atoms with Crippen LogP contribution >= 0.6 is 27.3 Å². The van der Waals surface area contributed by atoms with Crippen LogP contribution in [0, 0.1) is 0 Å². The lowest BCUT2D eigenvalue weighted by Crippen LogP contribution is -2.33. The summed E-state index contributed by atoms with van der Waals surface area (Å²) in [5.74, 6) is 0.735. The molecule has 0 fully saturated rings. The van der Waals surface area contributed by atoms with Crippen molar-refractivity contribution in [3.8, 4) is 5.75 Å². The maximum absolute atomic E-state index is 12.2. The van der Waals surface area contributed by atoms with E-state index in [1.807, 2.05) is 16.3 Å². The van der Waals surface area contributed by atoms with Crippen LogP contribution in [0.15, 0.2) is 11.4 Å². The number of ether oxygens (including phenoxy) is 1. The van der Waals surface area contributed by atoms with Crippen molar-refractivity contribution < 1.29 is 9.53 Å². The summed E-state index contributed by atoms with van der Waals surface area (Å²) in [5.41, 5.74) is 0. The Bertz CT molecular complexity index is 334. The van der Waals surface area contributed by atoms with Gasteiger partial charge in [0.25, 0.3) is 5.91 Å². The first kappa shape index (κ1) is 13.5. The van der Waals surface area contributed by atoms with Crippen molar-refractivity contribution in [2.24, 2.45) is 0 Å². The van der Waals surface area contributed by atoms with Gasteiger partial charge in [-0.05, 0) is 17.9 Å². The van der Waals surface area contributed by atoms with E-state index < -0.39 is 0 Å².